The summed E-state index contributed by atoms with van der Waals surface area (Å²) in [6.07, 6.45) is 0. The topological polar surface area (TPSA) is 123 Å². The quantitative estimate of drug-likeness (QED) is 0.404. The highest BCUT2D eigenvalue weighted by Gasteiger charge is 2.22. The van der Waals surface area contributed by atoms with E-state index in [-0.39, 0.29) is 11.4 Å². The maximum absolute atomic E-state index is 11.3. The third-order valence-electron chi connectivity index (χ3n) is 5.21. The number of nitrogens with two attached hydrogens (primary N) is 1. The van der Waals surface area contributed by atoms with Gasteiger partial charge in [0.25, 0.3) is 0 Å². The van der Waals surface area contributed by atoms with Crippen molar-refractivity contribution in [2.24, 2.45) is 0 Å². The van der Waals surface area contributed by atoms with E-state index in [0.29, 0.717) is 36.6 Å². The molecule has 0 spiro atoms. The van der Waals surface area contributed by atoms with Gasteiger partial charge in [-0.3, -0.25) is 0 Å². The monoisotopic (exact) mass is 434 g/mol. The Balaban J connectivity index is 1.93. The molecule has 0 fully saturated rings. The van der Waals surface area contributed by atoms with E-state index >= 15 is 0 Å². The maximum atomic E-state index is 11.3. The van der Waals surface area contributed by atoms with Crippen LogP contribution in [0.3, 0.4) is 0 Å². The Labute approximate surface area is 185 Å². The fourth-order valence-electron chi connectivity index (χ4n) is 3.83. The number of hydrogen-bond acceptors (Lipinski definition) is 6. The Bertz CT molecular complexity index is 1320. The number of aliphatic hydroxyl groups is 1. The van der Waals surface area contributed by atoms with Crippen molar-refractivity contribution in [2.75, 3.05) is 12.3 Å². The number of aromatic carboxylic acids is 1. The number of nitrogen functional groups attached to an aromatic ring is 1. The molecule has 0 saturated heterocycles. The number of nitrogens with zero attached hydrogens (tertiary/aromatic N) is 3. The number of benzene rings is 2. The molecule has 4 aromatic rings. The molecule has 0 aliphatic carbocycles. The second kappa shape index (κ2) is 8.22. The number of ether oxygens (including phenoxy) is 1. The predicted molar refractivity (Wildman–Crippen MR) is 123 cm³/mol. The number of anilines is 1. The number of pyridine rings is 1. The zero-order valence-corrected chi connectivity index (χ0v) is 18.3. The molecule has 4 N–H and O–H groups in total. The van der Waals surface area contributed by atoms with Gasteiger partial charge >= 0.3 is 5.97 Å². The number of rotatable bonds is 7. The molecule has 2 aromatic carbocycles. The average molecular weight is 434 g/mol. The van der Waals surface area contributed by atoms with Crippen LogP contribution in [0, 0.1) is 0 Å². The van der Waals surface area contributed by atoms with Crippen molar-refractivity contribution in [3.63, 3.8) is 0 Å². The Morgan fingerprint density at radius 2 is 1.91 bits per heavy atom. The van der Waals surface area contributed by atoms with Crippen LogP contribution in [0.15, 0.2) is 42.5 Å². The summed E-state index contributed by atoms with van der Waals surface area (Å²) in [6, 6.07) is 12.5. The van der Waals surface area contributed by atoms with Gasteiger partial charge in [0.2, 0.25) is 0 Å². The standard InChI is InChI=1S/C24H26N4O4/c1-4-32-12-19-27-20-21(28(19)13-24(2,3)31)17-9-8-15(11-18(17)26-22(20)25)14-6-5-7-16(10-14)23(29)30/h5-11,31H,4,12-13H2,1-3H3,(H2,25,26)(H,29,30). The summed E-state index contributed by atoms with van der Waals surface area (Å²) >= 11 is 0. The van der Waals surface area contributed by atoms with Gasteiger partial charge in [0, 0.05) is 12.0 Å². The van der Waals surface area contributed by atoms with E-state index in [9.17, 15) is 15.0 Å². The molecule has 0 bridgehead atoms. The lowest BCUT2D eigenvalue weighted by molar-refractivity contribution is 0.0582. The molecule has 4 rings (SSSR count). The molecular formula is C24H26N4O4. The van der Waals surface area contributed by atoms with E-state index < -0.39 is 11.6 Å². The number of carboxylic acids is 1. The summed E-state index contributed by atoms with van der Waals surface area (Å²) in [7, 11) is 0. The van der Waals surface area contributed by atoms with E-state index in [2.05, 4.69) is 9.97 Å². The average Bonchev–Trinajstić information content (AvgIpc) is 3.09. The van der Waals surface area contributed by atoms with Crippen molar-refractivity contribution in [2.45, 2.75) is 39.5 Å². The SMILES string of the molecule is CCOCc1nc2c(N)nc3cc(-c4cccc(C(=O)O)c4)ccc3c2n1CC(C)(C)O. The molecule has 8 nitrogen and oxygen atoms in total. The number of imidazole rings is 1. The van der Waals surface area contributed by atoms with Gasteiger partial charge in [-0.1, -0.05) is 24.3 Å². The lowest BCUT2D eigenvalue weighted by Gasteiger charge is -2.20. The van der Waals surface area contributed by atoms with Crippen molar-refractivity contribution >= 4 is 33.7 Å². The number of carbonyl (C=O) groups is 1. The number of aromatic nitrogens is 3. The van der Waals surface area contributed by atoms with Crippen LogP contribution in [-0.4, -0.2) is 42.9 Å². The third-order valence-corrected chi connectivity index (χ3v) is 5.21. The molecular weight excluding hydrogens is 408 g/mol. The van der Waals surface area contributed by atoms with E-state index in [1.807, 2.05) is 35.8 Å². The molecule has 0 saturated carbocycles. The fraction of sp³-hybridized carbons (Fsp3) is 0.292. The molecule has 0 aliphatic heterocycles. The van der Waals surface area contributed by atoms with Gasteiger partial charge in [-0.2, -0.15) is 0 Å². The summed E-state index contributed by atoms with van der Waals surface area (Å²) in [6.45, 7) is 6.54. The van der Waals surface area contributed by atoms with Crippen molar-refractivity contribution in [1.29, 1.82) is 0 Å². The fourth-order valence-corrected chi connectivity index (χ4v) is 3.83. The highest BCUT2D eigenvalue weighted by atomic mass is 16.5. The largest absolute Gasteiger partial charge is 0.478 e. The van der Waals surface area contributed by atoms with E-state index in [1.165, 1.54) is 0 Å². The molecule has 0 amide bonds. The number of hydrogen-bond donors (Lipinski definition) is 3. The van der Waals surface area contributed by atoms with Crippen LogP contribution in [0.1, 0.15) is 37.0 Å². The van der Waals surface area contributed by atoms with Gasteiger partial charge in [0.1, 0.15) is 17.9 Å². The van der Waals surface area contributed by atoms with Gasteiger partial charge in [-0.25, -0.2) is 14.8 Å². The Kier molecular flexibility index (Phi) is 5.58. The summed E-state index contributed by atoms with van der Waals surface area (Å²) < 4.78 is 7.53. The van der Waals surface area contributed by atoms with Crippen LogP contribution in [0.4, 0.5) is 5.82 Å². The summed E-state index contributed by atoms with van der Waals surface area (Å²) in [5.74, 6) is -0.0199. The smallest absolute Gasteiger partial charge is 0.335 e. The Morgan fingerprint density at radius 3 is 2.59 bits per heavy atom. The Morgan fingerprint density at radius 1 is 1.16 bits per heavy atom. The highest BCUT2D eigenvalue weighted by Crippen LogP contribution is 2.33. The lowest BCUT2D eigenvalue weighted by atomic mass is 10.0. The second-order valence-corrected chi connectivity index (χ2v) is 8.38. The molecule has 0 unspecified atom stereocenters. The van der Waals surface area contributed by atoms with Crippen molar-refractivity contribution < 1.29 is 19.7 Å². The van der Waals surface area contributed by atoms with Crippen LogP contribution >= 0.6 is 0 Å². The van der Waals surface area contributed by atoms with E-state index in [4.69, 9.17) is 10.5 Å². The van der Waals surface area contributed by atoms with Crippen LogP contribution in [0.25, 0.3) is 33.1 Å². The normalized spacial score (nSPS) is 12.0. The van der Waals surface area contributed by atoms with Gasteiger partial charge in [-0.05, 0) is 50.1 Å². The molecule has 166 valence electrons. The van der Waals surface area contributed by atoms with Gasteiger partial charge in [-0.15, -0.1) is 0 Å². The minimum absolute atomic E-state index is 0.217. The first-order chi connectivity index (χ1) is 15.2. The Hall–Kier alpha value is -3.49. The zero-order chi connectivity index (χ0) is 23.0. The third kappa shape index (κ3) is 4.15. The second-order valence-electron chi connectivity index (χ2n) is 8.38. The van der Waals surface area contributed by atoms with Crippen LogP contribution in [0.2, 0.25) is 0 Å². The first-order valence-electron chi connectivity index (χ1n) is 10.4. The van der Waals surface area contributed by atoms with Crippen molar-refractivity contribution in [1.82, 2.24) is 14.5 Å². The predicted octanol–water partition coefficient (Wildman–Crippen LogP) is 3.84. The molecule has 8 heteroatoms. The van der Waals surface area contributed by atoms with Crippen molar-refractivity contribution in [3.8, 4) is 11.1 Å². The summed E-state index contributed by atoms with van der Waals surface area (Å²) in [4.78, 5) is 20.6. The summed E-state index contributed by atoms with van der Waals surface area (Å²) in [5, 5.41) is 20.7. The molecule has 2 heterocycles. The van der Waals surface area contributed by atoms with Crippen molar-refractivity contribution in [3.05, 3.63) is 53.9 Å². The van der Waals surface area contributed by atoms with Crippen LogP contribution in [0.5, 0.6) is 0 Å². The molecule has 0 radical (unpaired) electrons. The molecule has 2 aromatic heterocycles. The maximum Gasteiger partial charge on any atom is 0.335 e. The first kappa shape index (κ1) is 21.7. The van der Waals surface area contributed by atoms with Gasteiger partial charge < -0.3 is 25.3 Å². The van der Waals surface area contributed by atoms with E-state index in [0.717, 1.165) is 22.0 Å². The number of carboxylic acid groups (broad SMARTS) is 1. The molecule has 0 atom stereocenters. The van der Waals surface area contributed by atoms with Gasteiger partial charge in [0.15, 0.2) is 5.82 Å². The zero-order valence-electron chi connectivity index (χ0n) is 18.3. The molecule has 32 heavy (non-hydrogen) atoms. The lowest BCUT2D eigenvalue weighted by Crippen LogP contribution is -2.27. The minimum Gasteiger partial charge on any atom is -0.478 e. The minimum atomic E-state index is -0.978. The molecule has 0 aliphatic rings. The highest BCUT2D eigenvalue weighted by molar-refractivity contribution is 6.07. The van der Waals surface area contributed by atoms with Crippen LogP contribution in [-0.2, 0) is 17.9 Å². The first-order valence-corrected chi connectivity index (χ1v) is 10.4. The van der Waals surface area contributed by atoms with E-state index in [1.54, 1.807) is 32.0 Å². The van der Waals surface area contributed by atoms with Gasteiger partial charge in [0.05, 0.1) is 28.7 Å². The van der Waals surface area contributed by atoms with Crippen LogP contribution < -0.4 is 5.73 Å². The number of fused-ring (bicyclic) bond motifs is 3. The summed E-state index contributed by atoms with van der Waals surface area (Å²) in [5.41, 5.74) is 9.14.